The van der Waals surface area contributed by atoms with E-state index in [1.54, 1.807) is 19.2 Å². The molecule has 0 heterocycles. The van der Waals surface area contributed by atoms with E-state index in [0.717, 1.165) is 24.5 Å². The molecule has 0 bridgehead atoms. The van der Waals surface area contributed by atoms with E-state index in [2.05, 4.69) is 20.7 Å². The lowest BCUT2D eigenvalue weighted by Gasteiger charge is -2.12. The molecular weight excluding hydrogens is 425 g/mol. The van der Waals surface area contributed by atoms with E-state index in [1.807, 2.05) is 12.1 Å². The summed E-state index contributed by atoms with van der Waals surface area (Å²) >= 11 is 3.16. The molecule has 9 heteroatoms. The van der Waals surface area contributed by atoms with E-state index in [4.69, 9.17) is 9.47 Å². The molecule has 2 rings (SSSR count). The first-order valence-electron chi connectivity index (χ1n) is 7.83. The first kappa shape index (κ1) is 20.8. The molecule has 144 valence electrons. The van der Waals surface area contributed by atoms with Gasteiger partial charge in [0.05, 0.1) is 32.4 Å². The maximum atomic E-state index is 14.4. The number of hydrogen-bond acceptors (Lipinski definition) is 6. The summed E-state index contributed by atoms with van der Waals surface area (Å²) in [6.07, 6.45) is 0.163. The lowest BCUT2D eigenvalue weighted by atomic mass is 10.0. The number of ether oxygens (including phenoxy) is 3. The molecule has 0 aromatic heterocycles. The summed E-state index contributed by atoms with van der Waals surface area (Å²) in [6, 6.07) is 8.33. The zero-order valence-corrected chi connectivity index (χ0v) is 16.2. The Bertz CT molecular complexity index is 841. The topological polar surface area (TPSA) is 87.9 Å². The second kappa shape index (κ2) is 9.43. The van der Waals surface area contributed by atoms with E-state index >= 15 is 0 Å². The Labute approximate surface area is 163 Å². The van der Waals surface area contributed by atoms with Gasteiger partial charge in [-0.2, -0.15) is 4.39 Å². The van der Waals surface area contributed by atoms with Crippen LogP contribution < -0.4 is 4.74 Å². The van der Waals surface area contributed by atoms with Crippen LogP contribution in [0.1, 0.15) is 21.5 Å². The normalized spacial score (nSPS) is 10.5. The second-order valence-corrected chi connectivity index (χ2v) is 6.30. The molecule has 0 aliphatic rings. The van der Waals surface area contributed by atoms with E-state index in [-0.39, 0.29) is 23.1 Å². The highest BCUT2D eigenvalue weighted by molar-refractivity contribution is 9.10. The fourth-order valence-electron chi connectivity index (χ4n) is 2.43. The molecule has 0 aliphatic heterocycles. The number of halogens is 2. The first-order chi connectivity index (χ1) is 12.9. The minimum atomic E-state index is -1.22. The molecule has 0 radical (unpaired) electrons. The molecule has 0 spiro atoms. The quantitative estimate of drug-likeness (QED) is 0.265. The fourth-order valence-corrected chi connectivity index (χ4v) is 3.04. The van der Waals surface area contributed by atoms with Crippen LogP contribution in [0, 0.1) is 15.9 Å². The van der Waals surface area contributed by atoms with Crippen molar-refractivity contribution >= 4 is 27.6 Å². The van der Waals surface area contributed by atoms with Gasteiger partial charge in [0.25, 0.3) is 0 Å². The Balaban J connectivity index is 2.13. The molecule has 0 unspecified atom stereocenters. The van der Waals surface area contributed by atoms with Crippen molar-refractivity contribution in [1.82, 2.24) is 0 Å². The molecule has 0 aliphatic carbocycles. The Morgan fingerprint density at radius 1 is 1.26 bits per heavy atom. The summed E-state index contributed by atoms with van der Waals surface area (Å²) in [6.45, 7) is 0.483. The summed E-state index contributed by atoms with van der Waals surface area (Å²) in [7, 11) is 2.66. The van der Waals surface area contributed by atoms with Crippen molar-refractivity contribution < 1.29 is 28.3 Å². The van der Waals surface area contributed by atoms with Gasteiger partial charge in [-0.3, -0.25) is 10.1 Å². The minimum absolute atomic E-state index is 0.163. The monoisotopic (exact) mass is 441 g/mol. The summed E-state index contributed by atoms with van der Waals surface area (Å²) in [5.74, 6) is -1.48. The molecule has 27 heavy (non-hydrogen) atoms. The number of nitro groups is 1. The minimum Gasteiger partial charge on any atom is -0.497 e. The van der Waals surface area contributed by atoms with Gasteiger partial charge < -0.3 is 14.2 Å². The number of carbonyl (C=O) groups is 1. The summed E-state index contributed by atoms with van der Waals surface area (Å²) < 4.78 is 29.9. The largest absolute Gasteiger partial charge is 0.497 e. The molecular formula is C18H17BrFNO6. The van der Waals surface area contributed by atoms with Crippen LogP contribution in [0.5, 0.6) is 5.75 Å². The van der Waals surface area contributed by atoms with Gasteiger partial charge in [-0.15, -0.1) is 0 Å². The zero-order chi connectivity index (χ0) is 20.0. The van der Waals surface area contributed by atoms with Gasteiger partial charge in [-0.05, 0) is 29.7 Å². The van der Waals surface area contributed by atoms with Crippen molar-refractivity contribution in [2.75, 3.05) is 20.8 Å². The van der Waals surface area contributed by atoms with Crippen LogP contribution in [-0.4, -0.2) is 31.7 Å². The van der Waals surface area contributed by atoms with Gasteiger partial charge in [0.1, 0.15) is 11.3 Å². The van der Waals surface area contributed by atoms with Crippen molar-refractivity contribution in [3.8, 4) is 5.75 Å². The van der Waals surface area contributed by atoms with Gasteiger partial charge in [-0.1, -0.05) is 28.1 Å². The van der Waals surface area contributed by atoms with Crippen LogP contribution in [0.15, 0.2) is 34.8 Å². The summed E-state index contributed by atoms with van der Waals surface area (Å²) in [4.78, 5) is 22.0. The number of methoxy groups -OCH3 is 2. The lowest BCUT2D eigenvalue weighted by Crippen LogP contribution is -2.13. The average molecular weight is 442 g/mol. The summed E-state index contributed by atoms with van der Waals surface area (Å²) in [5, 5.41) is 11.0. The van der Waals surface area contributed by atoms with Crippen molar-refractivity contribution in [2.45, 2.75) is 13.0 Å². The van der Waals surface area contributed by atoms with Crippen LogP contribution in [0.3, 0.4) is 0 Å². The smallest absolute Gasteiger partial charge is 0.341 e. The van der Waals surface area contributed by atoms with Crippen molar-refractivity contribution in [1.29, 1.82) is 0 Å². The average Bonchev–Trinajstić information content (AvgIpc) is 2.67. The maximum absolute atomic E-state index is 14.4. The Hall–Kier alpha value is -2.52. The molecule has 0 atom stereocenters. The molecule has 0 fully saturated rings. The predicted molar refractivity (Wildman–Crippen MR) is 98.4 cm³/mol. The van der Waals surface area contributed by atoms with Crippen molar-refractivity contribution in [3.63, 3.8) is 0 Å². The third-order valence-corrected chi connectivity index (χ3v) is 4.52. The molecule has 2 aromatic carbocycles. The maximum Gasteiger partial charge on any atom is 0.341 e. The highest BCUT2D eigenvalue weighted by Gasteiger charge is 2.28. The number of benzene rings is 2. The van der Waals surface area contributed by atoms with E-state index in [0.29, 0.717) is 6.61 Å². The van der Waals surface area contributed by atoms with Gasteiger partial charge in [-0.25, -0.2) is 4.79 Å². The third-order valence-electron chi connectivity index (χ3n) is 3.81. The predicted octanol–water partition coefficient (Wildman–Crippen LogP) is 4.05. The SMILES string of the molecule is COC(=O)c1c(F)c([N+](=O)[O-])cc(Br)c1CCOCc1ccc(OC)cc1. The first-order valence-corrected chi connectivity index (χ1v) is 8.62. The Morgan fingerprint density at radius 2 is 1.93 bits per heavy atom. The fraction of sp³-hybridized carbons (Fsp3) is 0.278. The van der Waals surface area contributed by atoms with Crippen LogP contribution in [0.2, 0.25) is 0 Å². The van der Waals surface area contributed by atoms with Crippen LogP contribution in [-0.2, 0) is 22.5 Å². The van der Waals surface area contributed by atoms with Crippen LogP contribution in [0.4, 0.5) is 10.1 Å². The van der Waals surface area contributed by atoms with Gasteiger partial charge in [0, 0.05) is 10.5 Å². The molecule has 0 N–H and O–H groups in total. The number of esters is 1. The standard InChI is InChI=1S/C18H17BrFNO6/c1-25-12-5-3-11(4-6-12)10-27-8-7-13-14(19)9-15(21(23)24)17(20)16(13)18(22)26-2/h3-6,9H,7-8,10H2,1-2H3. The number of carbonyl (C=O) groups excluding carboxylic acids is 1. The number of hydrogen-bond donors (Lipinski definition) is 0. The third kappa shape index (κ3) is 5.01. The van der Waals surface area contributed by atoms with Crippen LogP contribution in [0.25, 0.3) is 0 Å². The van der Waals surface area contributed by atoms with Gasteiger partial charge in [0.15, 0.2) is 0 Å². The Morgan fingerprint density at radius 3 is 2.48 bits per heavy atom. The van der Waals surface area contributed by atoms with Gasteiger partial charge in [0.2, 0.25) is 5.82 Å². The van der Waals surface area contributed by atoms with Crippen molar-refractivity contribution in [3.05, 3.63) is 67.4 Å². The second-order valence-electron chi connectivity index (χ2n) is 5.44. The molecule has 0 saturated carbocycles. The molecule has 2 aromatic rings. The number of rotatable bonds is 8. The number of nitrogens with zero attached hydrogens (tertiary/aromatic N) is 1. The molecule has 0 saturated heterocycles. The van der Waals surface area contributed by atoms with Gasteiger partial charge >= 0.3 is 11.7 Å². The van der Waals surface area contributed by atoms with E-state index < -0.39 is 28.0 Å². The van der Waals surface area contributed by atoms with E-state index in [9.17, 15) is 19.3 Å². The molecule has 0 amide bonds. The van der Waals surface area contributed by atoms with Crippen molar-refractivity contribution in [2.24, 2.45) is 0 Å². The van der Waals surface area contributed by atoms with Crippen LogP contribution >= 0.6 is 15.9 Å². The molecule has 7 nitrogen and oxygen atoms in total. The summed E-state index contributed by atoms with van der Waals surface area (Å²) in [5.41, 5.74) is -0.102. The highest BCUT2D eigenvalue weighted by atomic mass is 79.9. The lowest BCUT2D eigenvalue weighted by molar-refractivity contribution is -0.387. The zero-order valence-electron chi connectivity index (χ0n) is 14.7. The Kier molecular flexibility index (Phi) is 7.26. The highest BCUT2D eigenvalue weighted by Crippen LogP contribution is 2.32. The number of nitro benzene ring substituents is 1. The van der Waals surface area contributed by atoms with E-state index in [1.165, 1.54) is 0 Å².